The fourth-order valence-corrected chi connectivity index (χ4v) is 3.64. The van der Waals surface area contributed by atoms with Crippen LogP contribution in [0, 0.1) is 10.5 Å². The second-order valence-corrected chi connectivity index (χ2v) is 7.92. The van der Waals surface area contributed by atoms with Gasteiger partial charge < -0.3 is 5.32 Å². The Kier molecular flexibility index (Phi) is 5.44. The van der Waals surface area contributed by atoms with Crippen LogP contribution in [0.15, 0.2) is 77.6 Å². The number of anilines is 1. The quantitative estimate of drug-likeness (QED) is 0.421. The zero-order valence-electron chi connectivity index (χ0n) is 15.7. The number of amides is 1. The molecule has 6 heteroatoms. The Hall–Kier alpha value is -3.00. The average Bonchev–Trinajstić information content (AvgIpc) is 2.73. The summed E-state index contributed by atoms with van der Waals surface area (Å²) in [7, 11) is 0. The summed E-state index contributed by atoms with van der Waals surface area (Å²) in [5.41, 5.74) is 2.79. The number of halogens is 1. The molecule has 3 aromatic carbocycles. The summed E-state index contributed by atoms with van der Waals surface area (Å²) < 4.78 is 2.41. The van der Waals surface area contributed by atoms with Crippen molar-refractivity contribution in [2.75, 3.05) is 5.32 Å². The van der Waals surface area contributed by atoms with Gasteiger partial charge in [-0.15, -0.1) is 0 Å². The number of fused-ring (bicyclic) bond motifs is 1. The van der Waals surface area contributed by atoms with Crippen molar-refractivity contribution in [3.8, 4) is 0 Å². The van der Waals surface area contributed by atoms with Gasteiger partial charge in [-0.1, -0.05) is 54.6 Å². The molecule has 1 amide bonds. The standard InChI is InChI=1S/C23H18IN3O2/c1-15-11-12-17(13-20(15)24)25-22(28)21-18-9-5-6-10-19(18)23(29)27(26-21)14-16-7-3-2-4-8-16/h2-13H,14H2,1H3,(H,25,28). The Bertz CT molecular complexity index is 1270. The van der Waals surface area contributed by atoms with Gasteiger partial charge in [0.2, 0.25) is 0 Å². The summed E-state index contributed by atoms with van der Waals surface area (Å²) in [6.45, 7) is 2.31. The molecule has 1 N–H and O–H groups in total. The Balaban J connectivity index is 1.78. The number of hydrogen-bond donors (Lipinski definition) is 1. The lowest BCUT2D eigenvalue weighted by molar-refractivity contribution is 0.102. The van der Waals surface area contributed by atoms with E-state index in [1.54, 1.807) is 24.3 Å². The van der Waals surface area contributed by atoms with Crippen molar-refractivity contribution < 1.29 is 4.79 Å². The number of nitrogens with zero attached hydrogens (tertiary/aromatic N) is 2. The molecule has 1 heterocycles. The lowest BCUT2D eigenvalue weighted by atomic mass is 10.1. The van der Waals surface area contributed by atoms with Crippen LogP contribution in [0.1, 0.15) is 21.6 Å². The molecule has 0 atom stereocenters. The van der Waals surface area contributed by atoms with E-state index in [-0.39, 0.29) is 17.2 Å². The van der Waals surface area contributed by atoms with Gasteiger partial charge in [0.15, 0.2) is 5.69 Å². The molecular weight excluding hydrogens is 477 g/mol. The molecule has 4 aromatic rings. The van der Waals surface area contributed by atoms with E-state index in [1.807, 2.05) is 55.5 Å². The zero-order valence-corrected chi connectivity index (χ0v) is 17.9. The van der Waals surface area contributed by atoms with Crippen molar-refractivity contribution in [1.82, 2.24) is 9.78 Å². The van der Waals surface area contributed by atoms with E-state index in [4.69, 9.17) is 0 Å². The summed E-state index contributed by atoms with van der Waals surface area (Å²) in [4.78, 5) is 26.0. The van der Waals surface area contributed by atoms with Gasteiger partial charge in [0.1, 0.15) is 0 Å². The van der Waals surface area contributed by atoms with Crippen molar-refractivity contribution in [1.29, 1.82) is 0 Å². The highest BCUT2D eigenvalue weighted by molar-refractivity contribution is 14.1. The Morgan fingerprint density at radius 1 is 1.00 bits per heavy atom. The van der Waals surface area contributed by atoms with Crippen molar-refractivity contribution in [2.45, 2.75) is 13.5 Å². The van der Waals surface area contributed by atoms with Gasteiger partial charge in [0.25, 0.3) is 11.5 Å². The maximum atomic E-state index is 13.0. The van der Waals surface area contributed by atoms with Crippen LogP contribution in [-0.4, -0.2) is 15.7 Å². The fourth-order valence-electron chi connectivity index (χ4n) is 3.13. The van der Waals surface area contributed by atoms with Crippen molar-refractivity contribution in [2.24, 2.45) is 0 Å². The SMILES string of the molecule is Cc1ccc(NC(=O)c2nn(Cc3ccccc3)c(=O)c3ccccc23)cc1I. The van der Waals surface area contributed by atoms with Crippen LogP contribution >= 0.6 is 22.6 Å². The Morgan fingerprint density at radius 3 is 2.41 bits per heavy atom. The topological polar surface area (TPSA) is 64.0 Å². The number of aromatic nitrogens is 2. The van der Waals surface area contributed by atoms with Crippen LogP contribution in [0.25, 0.3) is 10.8 Å². The minimum Gasteiger partial charge on any atom is -0.321 e. The van der Waals surface area contributed by atoms with Crippen LogP contribution in [-0.2, 0) is 6.54 Å². The summed E-state index contributed by atoms with van der Waals surface area (Å²) in [5, 5.41) is 8.35. The predicted molar refractivity (Wildman–Crippen MR) is 123 cm³/mol. The predicted octanol–water partition coefficient (Wildman–Crippen LogP) is 4.61. The van der Waals surface area contributed by atoms with Gasteiger partial charge >= 0.3 is 0 Å². The van der Waals surface area contributed by atoms with Gasteiger partial charge in [0, 0.05) is 14.6 Å². The highest BCUT2D eigenvalue weighted by Gasteiger charge is 2.17. The Morgan fingerprint density at radius 2 is 1.69 bits per heavy atom. The first-order valence-corrected chi connectivity index (χ1v) is 10.2. The van der Waals surface area contributed by atoms with E-state index in [0.717, 1.165) is 14.7 Å². The minimum absolute atomic E-state index is 0.217. The number of rotatable bonds is 4. The number of carbonyl (C=O) groups excluding carboxylic acids is 1. The molecule has 0 saturated heterocycles. The molecule has 0 aliphatic rings. The second kappa shape index (κ2) is 8.16. The highest BCUT2D eigenvalue weighted by Crippen LogP contribution is 2.19. The van der Waals surface area contributed by atoms with E-state index < -0.39 is 0 Å². The molecule has 0 aliphatic carbocycles. The zero-order chi connectivity index (χ0) is 20.4. The number of hydrogen-bond acceptors (Lipinski definition) is 3. The molecule has 5 nitrogen and oxygen atoms in total. The first-order chi connectivity index (χ1) is 14.0. The van der Waals surface area contributed by atoms with E-state index >= 15 is 0 Å². The Labute approximate surface area is 181 Å². The van der Waals surface area contributed by atoms with Gasteiger partial charge in [-0.05, 0) is 58.8 Å². The molecule has 0 radical (unpaired) electrons. The molecule has 0 aliphatic heterocycles. The van der Waals surface area contributed by atoms with Crippen molar-refractivity contribution in [3.05, 3.63) is 104 Å². The normalized spacial score (nSPS) is 10.8. The highest BCUT2D eigenvalue weighted by atomic mass is 127. The number of carbonyl (C=O) groups is 1. The van der Waals surface area contributed by atoms with Crippen LogP contribution in [0.5, 0.6) is 0 Å². The van der Waals surface area contributed by atoms with Gasteiger partial charge in [-0.2, -0.15) is 5.10 Å². The molecule has 0 saturated carbocycles. The maximum Gasteiger partial charge on any atom is 0.276 e. The van der Waals surface area contributed by atoms with E-state index in [1.165, 1.54) is 4.68 Å². The largest absolute Gasteiger partial charge is 0.321 e. The molecule has 0 unspecified atom stereocenters. The smallest absolute Gasteiger partial charge is 0.276 e. The number of nitrogens with one attached hydrogen (secondary N) is 1. The van der Waals surface area contributed by atoms with Crippen LogP contribution < -0.4 is 10.9 Å². The molecular formula is C23H18IN3O2. The first kappa shape index (κ1) is 19.3. The maximum absolute atomic E-state index is 13.0. The molecule has 1 aromatic heterocycles. The molecule has 144 valence electrons. The van der Waals surface area contributed by atoms with E-state index in [9.17, 15) is 9.59 Å². The summed E-state index contributed by atoms with van der Waals surface area (Å²) in [6, 6.07) is 22.4. The lowest BCUT2D eigenvalue weighted by Crippen LogP contribution is -2.28. The number of benzene rings is 3. The van der Waals surface area contributed by atoms with Gasteiger partial charge in [0.05, 0.1) is 11.9 Å². The summed E-state index contributed by atoms with van der Waals surface area (Å²) in [6.07, 6.45) is 0. The van der Waals surface area contributed by atoms with Gasteiger partial charge in [-0.25, -0.2) is 4.68 Å². The van der Waals surface area contributed by atoms with Crippen molar-refractivity contribution in [3.63, 3.8) is 0 Å². The fraction of sp³-hybridized carbons (Fsp3) is 0.0870. The molecule has 0 bridgehead atoms. The van der Waals surface area contributed by atoms with E-state index in [2.05, 4.69) is 33.0 Å². The molecule has 29 heavy (non-hydrogen) atoms. The van der Waals surface area contributed by atoms with Crippen LogP contribution in [0.3, 0.4) is 0 Å². The van der Waals surface area contributed by atoms with Crippen molar-refractivity contribution >= 4 is 45.0 Å². The van der Waals surface area contributed by atoms with E-state index in [0.29, 0.717) is 23.0 Å². The van der Waals surface area contributed by atoms with Gasteiger partial charge in [-0.3, -0.25) is 9.59 Å². The molecule has 0 fully saturated rings. The minimum atomic E-state index is -0.345. The molecule has 4 rings (SSSR count). The summed E-state index contributed by atoms with van der Waals surface area (Å²) >= 11 is 2.24. The summed E-state index contributed by atoms with van der Waals surface area (Å²) in [5.74, 6) is -0.345. The third-order valence-electron chi connectivity index (χ3n) is 4.69. The first-order valence-electron chi connectivity index (χ1n) is 9.14. The molecule has 0 spiro atoms. The average molecular weight is 495 g/mol. The third kappa shape index (κ3) is 4.07. The second-order valence-electron chi connectivity index (χ2n) is 6.76. The van der Waals surface area contributed by atoms with Crippen LogP contribution in [0.4, 0.5) is 5.69 Å². The number of aryl methyl sites for hydroxylation is 1. The third-order valence-corrected chi connectivity index (χ3v) is 5.85. The van der Waals surface area contributed by atoms with Crippen LogP contribution in [0.2, 0.25) is 0 Å². The monoisotopic (exact) mass is 495 g/mol. The lowest BCUT2D eigenvalue weighted by Gasteiger charge is -2.12.